The first-order valence-electron chi connectivity index (χ1n) is 12.7. The van der Waals surface area contributed by atoms with Crippen molar-refractivity contribution < 1.29 is 4.74 Å². The first-order valence-corrected chi connectivity index (χ1v) is 13.1. The minimum absolute atomic E-state index is 0.0472. The van der Waals surface area contributed by atoms with Crippen LogP contribution in [0.2, 0.25) is 0 Å². The Kier molecular flexibility index (Phi) is 7.04. The van der Waals surface area contributed by atoms with Crippen molar-refractivity contribution >= 4 is 28.2 Å². The van der Waals surface area contributed by atoms with Crippen LogP contribution in [0.5, 0.6) is 5.75 Å². The van der Waals surface area contributed by atoms with Crippen molar-refractivity contribution in [3.05, 3.63) is 48.7 Å². The topological polar surface area (TPSA) is 75.4 Å². The molecule has 182 valence electrons. The van der Waals surface area contributed by atoms with E-state index in [2.05, 4.69) is 45.3 Å². The third-order valence-corrected chi connectivity index (χ3v) is 8.51. The summed E-state index contributed by atoms with van der Waals surface area (Å²) >= 11 is 5.88. The zero-order valence-electron chi connectivity index (χ0n) is 20.1. The van der Waals surface area contributed by atoms with Gasteiger partial charge in [0.15, 0.2) is 5.11 Å². The van der Waals surface area contributed by atoms with Gasteiger partial charge < -0.3 is 21.1 Å². The Morgan fingerprint density at radius 1 is 1.29 bits per heavy atom. The summed E-state index contributed by atoms with van der Waals surface area (Å²) in [6.07, 6.45) is 11.0. The lowest BCUT2D eigenvalue weighted by Crippen LogP contribution is -2.59. The highest BCUT2D eigenvalue weighted by atomic mass is 32.1. The van der Waals surface area contributed by atoms with Crippen LogP contribution >= 0.6 is 12.2 Å². The number of hydrogen-bond donors (Lipinski definition) is 3. The molecule has 7 atom stereocenters. The van der Waals surface area contributed by atoms with Gasteiger partial charge in [0.1, 0.15) is 5.75 Å². The molecule has 3 saturated heterocycles. The number of nitrogens with zero attached hydrogens (tertiary/aromatic N) is 2. The van der Waals surface area contributed by atoms with E-state index in [0.717, 1.165) is 49.0 Å². The average molecular weight is 480 g/mol. The van der Waals surface area contributed by atoms with Gasteiger partial charge in [-0.3, -0.25) is 9.88 Å². The van der Waals surface area contributed by atoms with Crippen LogP contribution in [0.3, 0.4) is 0 Å². The van der Waals surface area contributed by atoms with E-state index in [0.29, 0.717) is 23.0 Å². The minimum atomic E-state index is 0.0472. The molecule has 1 aliphatic carbocycles. The summed E-state index contributed by atoms with van der Waals surface area (Å²) < 4.78 is 5.55. The highest BCUT2D eigenvalue weighted by molar-refractivity contribution is 7.80. The monoisotopic (exact) mass is 479 g/mol. The van der Waals surface area contributed by atoms with Crippen LogP contribution < -0.4 is 21.1 Å². The standard InChI is InChI=1S/C27H37N5OS/c1-3-17-16-32-13-11-18(17)14-25(32)26(31-27(34)30-24-7-5-4-6-22(24)28)20-10-12-29-23-9-8-19(33-2)15-21(20)23/h3,8-10,12,15,17-18,22,24-26H,1,4-7,11,13-14,16,28H2,2H3,(H2,30,31,34)/t17?,18?,22-,24-,25+,26+/m1/s1. The molecule has 6 nitrogen and oxygen atoms in total. The molecule has 4 N–H and O–H groups in total. The predicted molar refractivity (Wildman–Crippen MR) is 142 cm³/mol. The summed E-state index contributed by atoms with van der Waals surface area (Å²) in [7, 11) is 1.71. The fourth-order valence-corrected chi connectivity index (χ4v) is 6.62. The van der Waals surface area contributed by atoms with Crippen molar-refractivity contribution in [3.63, 3.8) is 0 Å². The molecule has 4 heterocycles. The van der Waals surface area contributed by atoms with Gasteiger partial charge in [-0.15, -0.1) is 6.58 Å². The second kappa shape index (κ2) is 10.2. The summed E-state index contributed by atoms with van der Waals surface area (Å²) in [6.45, 7) is 6.29. The highest BCUT2D eigenvalue weighted by Crippen LogP contribution is 2.42. The Balaban J connectivity index is 1.47. The second-order valence-corrected chi connectivity index (χ2v) is 10.6. The Morgan fingerprint density at radius 3 is 2.88 bits per heavy atom. The summed E-state index contributed by atoms with van der Waals surface area (Å²) in [4.78, 5) is 7.26. The number of piperidine rings is 3. The zero-order chi connectivity index (χ0) is 23.7. The number of fused-ring (bicyclic) bond motifs is 4. The summed E-state index contributed by atoms with van der Waals surface area (Å²) in [5.41, 5.74) is 8.60. The average Bonchev–Trinajstić information content (AvgIpc) is 2.88. The SMILES string of the molecule is C=CC1CN2CCC1C[C@H]2[C@@H](NC(=S)N[C@@H]1CCCC[C@H]1N)c1ccnc2ccc(OC)cc12. The van der Waals surface area contributed by atoms with Crippen LogP contribution in [0.15, 0.2) is 43.1 Å². The Morgan fingerprint density at radius 2 is 2.15 bits per heavy atom. The Bertz CT molecular complexity index is 1040. The van der Waals surface area contributed by atoms with Gasteiger partial charge in [0.25, 0.3) is 0 Å². The number of hydrogen-bond acceptors (Lipinski definition) is 5. The van der Waals surface area contributed by atoms with Crippen LogP contribution in [0, 0.1) is 11.8 Å². The highest BCUT2D eigenvalue weighted by Gasteiger charge is 2.43. The van der Waals surface area contributed by atoms with Gasteiger partial charge in [-0.1, -0.05) is 18.9 Å². The van der Waals surface area contributed by atoms with E-state index < -0.39 is 0 Å². The molecular formula is C27H37N5OS. The van der Waals surface area contributed by atoms with Gasteiger partial charge >= 0.3 is 0 Å². The molecule has 0 amide bonds. The van der Waals surface area contributed by atoms with Gasteiger partial charge in [0.05, 0.1) is 18.7 Å². The summed E-state index contributed by atoms with van der Waals surface area (Å²) in [5, 5.41) is 9.12. The van der Waals surface area contributed by atoms with E-state index in [1.807, 2.05) is 18.3 Å². The Labute approximate surface area is 208 Å². The predicted octanol–water partition coefficient (Wildman–Crippen LogP) is 3.91. The number of ether oxygens (including phenoxy) is 1. The van der Waals surface area contributed by atoms with E-state index in [-0.39, 0.29) is 18.1 Å². The van der Waals surface area contributed by atoms with Crippen molar-refractivity contribution in [3.8, 4) is 5.75 Å². The number of nitrogens with one attached hydrogen (secondary N) is 2. The number of pyridine rings is 1. The molecule has 0 radical (unpaired) electrons. The third kappa shape index (κ3) is 4.66. The van der Waals surface area contributed by atoms with Crippen molar-refractivity contribution in [1.29, 1.82) is 0 Å². The van der Waals surface area contributed by atoms with Crippen LogP contribution in [-0.2, 0) is 0 Å². The zero-order valence-corrected chi connectivity index (χ0v) is 20.9. The molecule has 0 spiro atoms. The molecule has 2 bridgehead atoms. The number of benzene rings is 1. The molecule has 6 rings (SSSR count). The molecule has 1 aromatic carbocycles. The maximum atomic E-state index is 6.41. The summed E-state index contributed by atoms with van der Waals surface area (Å²) in [5.74, 6) is 2.09. The quantitative estimate of drug-likeness (QED) is 0.428. The molecule has 34 heavy (non-hydrogen) atoms. The molecule has 7 heteroatoms. The molecule has 4 aliphatic rings. The van der Waals surface area contributed by atoms with E-state index in [1.54, 1.807) is 7.11 Å². The van der Waals surface area contributed by atoms with Crippen LogP contribution in [0.25, 0.3) is 10.9 Å². The maximum absolute atomic E-state index is 6.41. The fourth-order valence-electron chi connectivity index (χ4n) is 6.34. The molecule has 1 saturated carbocycles. The number of methoxy groups -OCH3 is 1. The number of thiocarbonyl (C=S) groups is 1. The van der Waals surface area contributed by atoms with Crippen molar-refractivity contribution in [2.75, 3.05) is 20.2 Å². The third-order valence-electron chi connectivity index (χ3n) is 8.28. The van der Waals surface area contributed by atoms with Crippen LogP contribution in [-0.4, -0.2) is 53.3 Å². The van der Waals surface area contributed by atoms with Gasteiger partial charge in [-0.25, -0.2) is 0 Å². The van der Waals surface area contributed by atoms with Crippen molar-refractivity contribution in [2.45, 2.75) is 62.7 Å². The molecule has 3 aliphatic heterocycles. The summed E-state index contributed by atoms with van der Waals surface area (Å²) in [6, 6.07) is 9.04. The van der Waals surface area contributed by atoms with Gasteiger partial charge in [-0.05, 0) is 86.1 Å². The second-order valence-electron chi connectivity index (χ2n) is 10.2. The lowest BCUT2D eigenvalue weighted by molar-refractivity contribution is 0.00425. The van der Waals surface area contributed by atoms with Crippen LogP contribution in [0.4, 0.5) is 0 Å². The van der Waals surface area contributed by atoms with Gasteiger partial charge in [0, 0.05) is 36.3 Å². The van der Waals surface area contributed by atoms with E-state index in [1.165, 1.54) is 24.8 Å². The minimum Gasteiger partial charge on any atom is -0.497 e. The number of rotatable bonds is 6. The van der Waals surface area contributed by atoms with Crippen molar-refractivity contribution in [2.24, 2.45) is 17.6 Å². The molecule has 2 aromatic rings. The molecule has 3 unspecified atom stereocenters. The number of nitrogens with two attached hydrogens (primary N) is 1. The molecule has 4 fully saturated rings. The normalized spacial score (nSPS) is 31.6. The largest absolute Gasteiger partial charge is 0.497 e. The number of aromatic nitrogens is 1. The van der Waals surface area contributed by atoms with Gasteiger partial charge in [-0.2, -0.15) is 0 Å². The smallest absolute Gasteiger partial charge is 0.167 e. The first-order chi connectivity index (χ1) is 16.6. The molecule has 1 aromatic heterocycles. The van der Waals surface area contributed by atoms with Crippen molar-refractivity contribution in [1.82, 2.24) is 20.5 Å². The maximum Gasteiger partial charge on any atom is 0.167 e. The Hall–Kier alpha value is -2.22. The van der Waals surface area contributed by atoms with Gasteiger partial charge in [0.2, 0.25) is 0 Å². The molecular weight excluding hydrogens is 442 g/mol. The lowest BCUT2D eigenvalue weighted by Gasteiger charge is -2.52. The van der Waals surface area contributed by atoms with E-state index in [9.17, 15) is 0 Å². The first kappa shape index (κ1) is 23.5. The fraction of sp³-hybridized carbons (Fsp3) is 0.556. The van der Waals surface area contributed by atoms with E-state index >= 15 is 0 Å². The van der Waals surface area contributed by atoms with Crippen LogP contribution in [0.1, 0.15) is 50.1 Å². The van der Waals surface area contributed by atoms with E-state index in [4.69, 9.17) is 22.7 Å². The lowest BCUT2D eigenvalue weighted by atomic mass is 9.73.